The first kappa shape index (κ1) is 32.6. The monoisotopic (exact) mass is 632 g/mol. The van der Waals surface area contributed by atoms with Crippen LogP contribution in [0.1, 0.15) is 85.0 Å². The van der Waals surface area contributed by atoms with Gasteiger partial charge in [-0.05, 0) is 110 Å². The van der Waals surface area contributed by atoms with Crippen molar-refractivity contribution in [2.45, 2.75) is 96.0 Å². The maximum absolute atomic E-state index is 13.1. The topological polar surface area (TPSA) is 82.0 Å². The van der Waals surface area contributed by atoms with Gasteiger partial charge in [-0.2, -0.15) is 10.6 Å². The van der Waals surface area contributed by atoms with Crippen LogP contribution in [0.15, 0.2) is 57.3 Å². The van der Waals surface area contributed by atoms with Gasteiger partial charge in [0.05, 0.1) is 6.10 Å². The van der Waals surface area contributed by atoms with Gasteiger partial charge in [0.15, 0.2) is 0 Å². The summed E-state index contributed by atoms with van der Waals surface area (Å²) < 4.78 is 17.5. The molecular formula is C38H54N3O3S-. The molecule has 8 atom stereocenters. The molecule has 2 aromatic carbocycles. The van der Waals surface area contributed by atoms with Gasteiger partial charge in [0.1, 0.15) is 0 Å². The first-order valence-corrected chi connectivity index (χ1v) is 18.6. The highest BCUT2D eigenvalue weighted by atomic mass is 32.2. The third-order valence-electron chi connectivity index (χ3n) is 12.8. The number of hydrogen-bond acceptors (Lipinski definition) is 6. The van der Waals surface area contributed by atoms with Gasteiger partial charge in [0, 0.05) is 44.7 Å². The Labute approximate surface area is 272 Å². The molecule has 2 aromatic rings. The van der Waals surface area contributed by atoms with E-state index in [4.69, 9.17) is 0 Å². The Morgan fingerprint density at radius 3 is 2.64 bits per heavy atom. The third-order valence-corrected chi connectivity index (χ3v) is 14.0. The second-order valence-corrected chi connectivity index (χ2v) is 16.6. The number of fused-ring (bicyclic) bond motifs is 6. The summed E-state index contributed by atoms with van der Waals surface area (Å²) in [5.41, 5.74) is 3.29. The lowest BCUT2D eigenvalue weighted by molar-refractivity contribution is -0.121. The van der Waals surface area contributed by atoms with Crippen LogP contribution in [0.2, 0.25) is 0 Å². The van der Waals surface area contributed by atoms with Crippen molar-refractivity contribution in [1.82, 2.24) is 5.32 Å². The van der Waals surface area contributed by atoms with E-state index in [1.807, 2.05) is 38.4 Å². The van der Waals surface area contributed by atoms with Gasteiger partial charge < -0.3 is 23.9 Å². The molecule has 2 N–H and O–H groups in total. The molecular weight excluding hydrogens is 579 g/mol. The number of nitrogens with one attached hydrogen (secondary N) is 1. The van der Waals surface area contributed by atoms with Crippen molar-refractivity contribution in [2.75, 3.05) is 32.1 Å². The van der Waals surface area contributed by atoms with Crippen LogP contribution in [-0.2, 0) is 19.6 Å². The normalized spacial score (nSPS) is 33.9. The van der Waals surface area contributed by atoms with E-state index in [9.17, 15) is 14.1 Å². The lowest BCUT2D eigenvalue weighted by Crippen LogP contribution is -2.50. The maximum atomic E-state index is 13.1. The van der Waals surface area contributed by atoms with Crippen LogP contribution in [0, 0.1) is 40.4 Å². The third kappa shape index (κ3) is 6.08. The van der Waals surface area contributed by atoms with Gasteiger partial charge in [-0.1, -0.05) is 67.6 Å². The number of amides is 1. The number of carbonyl (C=O) groups excluding carboxylic acids is 1. The quantitative estimate of drug-likeness (QED) is 0.167. The average Bonchev–Trinajstić information content (AvgIpc) is 3.38. The molecule has 0 heterocycles. The largest absolute Gasteiger partial charge is 0.440 e. The van der Waals surface area contributed by atoms with Crippen molar-refractivity contribution in [1.29, 1.82) is 0 Å². The Bertz CT molecular complexity index is 1530. The SMILES string of the molecule is CC(CCC(=O)NCCN=[S-](=O)c1cccc2c(N(C)C)cccc12)C1CCC2C3CC=C4CC(O)CCC4(C)C3CCC12C. The van der Waals surface area contributed by atoms with Crippen LogP contribution in [-0.4, -0.2) is 44.3 Å². The molecule has 246 valence electrons. The van der Waals surface area contributed by atoms with Crippen molar-refractivity contribution in [3.8, 4) is 0 Å². The molecule has 0 aromatic heterocycles. The number of allylic oxidation sites excluding steroid dienone is 1. The van der Waals surface area contributed by atoms with E-state index in [1.54, 1.807) is 5.57 Å². The highest BCUT2D eigenvalue weighted by Crippen LogP contribution is 2.67. The van der Waals surface area contributed by atoms with E-state index in [0.29, 0.717) is 41.7 Å². The van der Waals surface area contributed by atoms with Gasteiger partial charge in [-0.15, -0.1) is 0 Å². The molecule has 7 heteroatoms. The molecule has 0 saturated heterocycles. The minimum Gasteiger partial charge on any atom is -0.440 e. The lowest BCUT2D eigenvalue weighted by Gasteiger charge is -2.58. The molecule has 3 fully saturated rings. The molecule has 1 amide bonds. The smallest absolute Gasteiger partial charge is 0.220 e. The number of benzene rings is 2. The summed E-state index contributed by atoms with van der Waals surface area (Å²) in [6.07, 6.45) is 13.2. The average molecular weight is 633 g/mol. The van der Waals surface area contributed by atoms with E-state index >= 15 is 0 Å². The molecule has 0 spiro atoms. The molecule has 45 heavy (non-hydrogen) atoms. The van der Waals surface area contributed by atoms with E-state index in [0.717, 1.165) is 59.9 Å². The predicted octanol–water partition coefficient (Wildman–Crippen LogP) is 7.88. The fraction of sp³-hybridized carbons (Fsp3) is 0.658. The summed E-state index contributed by atoms with van der Waals surface area (Å²) in [5, 5.41) is 15.4. The standard InChI is InChI=1S/C38H54N3O3S/c1-25(31-15-16-32-30-14-13-26-24-27(42)18-20-37(26,2)33(30)19-21-38(31,32)3)12-17-36(43)39-22-23-40-45(44)35-11-7-8-28-29(35)9-6-10-34(28)41(4)5/h6-11,13,25,27,30-33,42H,12,14-24H2,1-5H3,(H,39,43)/q-1. The molecule has 0 aliphatic heterocycles. The van der Waals surface area contributed by atoms with E-state index in [-0.39, 0.29) is 17.4 Å². The summed E-state index contributed by atoms with van der Waals surface area (Å²) in [4.78, 5) is 15.6. The Morgan fingerprint density at radius 2 is 1.84 bits per heavy atom. The first-order chi connectivity index (χ1) is 21.5. The molecule has 0 bridgehead atoms. The zero-order chi connectivity index (χ0) is 31.9. The second-order valence-electron chi connectivity index (χ2n) is 15.4. The number of carbonyl (C=O) groups is 1. The van der Waals surface area contributed by atoms with Crippen molar-refractivity contribution >= 4 is 33.0 Å². The van der Waals surface area contributed by atoms with Crippen LogP contribution in [0.25, 0.3) is 10.8 Å². The van der Waals surface area contributed by atoms with Gasteiger partial charge in [-0.25, -0.2) is 0 Å². The fourth-order valence-electron chi connectivity index (χ4n) is 10.5. The maximum Gasteiger partial charge on any atom is 0.220 e. The van der Waals surface area contributed by atoms with E-state index < -0.39 is 10.6 Å². The van der Waals surface area contributed by atoms with Crippen molar-refractivity contribution in [2.24, 2.45) is 44.8 Å². The van der Waals surface area contributed by atoms with E-state index in [1.165, 1.54) is 32.1 Å². The number of anilines is 1. The van der Waals surface area contributed by atoms with E-state index in [2.05, 4.69) is 53.6 Å². The number of rotatable bonds is 9. The predicted molar refractivity (Wildman–Crippen MR) is 184 cm³/mol. The van der Waals surface area contributed by atoms with Crippen LogP contribution in [0.5, 0.6) is 0 Å². The summed E-state index contributed by atoms with van der Waals surface area (Å²) in [5.74, 6) is 3.58. The molecule has 3 saturated carbocycles. The number of aliphatic hydroxyl groups is 1. The molecule has 4 aliphatic rings. The molecule has 8 unspecified atom stereocenters. The zero-order valence-electron chi connectivity index (χ0n) is 28.1. The van der Waals surface area contributed by atoms with Gasteiger partial charge >= 0.3 is 0 Å². The Kier molecular flexibility index (Phi) is 9.42. The second kappa shape index (κ2) is 13.0. The number of aliphatic hydroxyl groups excluding tert-OH is 1. The highest BCUT2D eigenvalue weighted by Gasteiger charge is 2.59. The molecule has 6 rings (SSSR count). The van der Waals surface area contributed by atoms with Crippen LogP contribution >= 0.6 is 0 Å². The summed E-state index contributed by atoms with van der Waals surface area (Å²) in [6, 6.07) is 11.9. The summed E-state index contributed by atoms with van der Waals surface area (Å²) in [6.45, 7) is 8.20. The molecule has 6 nitrogen and oxygen atoms in total. The van der Waals surface area contributed by atoms with Crippen LogP contribution in [0.4, 0.5) is 5.69 Å². The van der Waals surface area contributed by atoms with Crippen molar-refractivity contribution < 1.29 is 14.1 Å². The molecule has 0 radical (unpaired) electrons. The zero-order valence-corrected chi connectivity index (χ0v) is 28.9. The Hall–Kier alpha value is -2.38. The molecule has 4 aliphatic carbocycles. The first-order valence-electron chi connectivity index (χ1n) is 17.5. The van der Waals surface area contributed by atoms with Crippen molar-refractivity contribution in [3.05, 3.63) is 48.0 Å². The van der Waals surface area contributed by atoms with Gasteiger partial charge in [-0.3, -0.25) is 4.79 Å². The Morgan fingerprint density at radius 1 is 1.07 bits per heavy atom. The lowest BCUT2D eigenvalue weighted by atomic mass is 9.47. The van der Waals surface area contributed by atoms with Crippen LogP contribution in [0.3, 0.4) is 0 Å². The van der Waals surface area contributed by atoms with Crippen molar-refractivity contribution in [3.63, 3.8) is 0 Å². The fourth-order valence-corrected chi connectivity index (χ4v) is 11.4. The van der Waals surface area contributed by atoms with Crippen LogP contribution < -0.4 is 10.2 Å². The summed E-state index contributed by atoms with van der Waals surface area (Å²) in [7, 11) is 2.53. The Balaban J connectivity index is 1.00. The van der Waals surface area contributed by atoms with Gasteiger partial charge in [0.2, 0.25) is 5.91 Å². The minimum absolute atomic E-state index is 0.0735. The summed E-state index contributed by atoms with van der Waals surface area (Å²) >= 11 is 0. The highest BCUT2D eigenvalue weighted by molar-refractivity contribution is 7.75. The number of hydrogen-bond donors (Lipinski definition) is 2. The number of nitrogens with zero attached hydrogens (tertiary/aromatic N) is 2. The minimum atomic E-state index is -1.49. The van der Waals surface area contributed by atoms with Gasteiger partial charge in [0.25, 0.3) is 0 Å².